The smallest absolute Gasteiger partial charge is 0.255 e. The predicted octanol–water partition coefficient (Wildman–Crippen LogP) is 1.76. The highest BCUT2D eigenvalue weighted by atomic mass is 16.2. The molecular weight excluding hydrogens is 380 g/mol. The van der Waals surface area contributed by atoms with Gasteiger partial charge in [0.2, 0.25) is 11.8 Å². The van der Waals surface area contributed by atoms with E-state index in [2.05, 4.69) is 22.8 Å². The highest BCUT2D eigenvalue weighted by Gasteiger charge is 2.38. The molecule has 4 rings (SSSR count). The van der Waals surface area contributed by atoms with E-state index in [-0.39, 0.29) is 30.2 Å². The second-order valence-electron chi connectivity index (χ2n) is 8.03. The summed E-state index contributed by atoms with van der Waals surface area (Å²) in [6.45, 7) is 3.77. The van der Waals surface area contributed by atoms with Gasteiger partial charge in [0.1, 0.15) is 6.04 Å². The van der Waals surface area contributed by atoms with Gasteiger partial charge in [0.05, 0.1) is 0 Å². The molecule has 2 aliphatic heterocycles. The molecule has 0 radical (unpaired) electrons. The van der Waals surface area contributed by atoms with Crippen LogP contribution in [0.2, 0.25) is 0 Å². The first-order valence-corrected chi connectivity index (χ1v) is 10.2. The molecule has 4 N–H and O–H groups in total. The minimum absolute atomic E-state index is 0.0286. The largest absolute Gasteiger partial charge is 0.324 e. The Morgan fingerprint density at radius 3 is 2.50 bits per heavy atom. The SMILES string of the molecule is CC(N)c1ccc(CNCc2ccc3c(c2)CN(C2CCC(=O)NC2=O)C3=O)cc1. The van der Waals surface area contributed by atoms with Crippen molar-refractivity contribution in [1.82, 2.24) is 15.5 Å². The molecule has 156 valence electrons. The number of carbonyl (C=O) groups is 3. The Hall–Kier alpha value is -3.03. The van der Waals surface area contributed by atoms with Gasteiger partial charge in [-0.05, 0) is 41.7 Å². The van der Waals surface area contributed by atoms with Crippen LogP contribution in [0.25, 0.3) is 0 Å². The average molecular weight is 406 g/mol. The summed E-state index contributed by atoms with van der Waals surface area (Å²) in [6, 6.07) is 13.5. The number of amides is 3. The number of carbonyl (C=O) groups excluding carboxylic acids is 3. The molecule has 2 unspecified atom stereocenters. The van der Waals surface area contributed by atoms with Crippen LogP contribution in [0.15, 0.2) is 42.5 Å². The lowest BCUT2D eigenvalue weighted by Gasteiger charge is -2.29. The average Bonchev–Trinajstić information content (AvgIpc) is 3.04. The molecule has 0 aliphatic carbocycles. The van der Waals surface area contributed by atoms with Crippen LogP contribution in [-0.4, -0.2) is 28.7 Å². The zero-order chi connectivity index (χ0) is 21.3. The molecule has 2 aromatic carbocycles. The van der Waals surface area contributed by atoms with Crippen molar-refractivity contribution in [1.29, 1.82) is 0 Å². The number of nitrogens with one attached hydrogen (secondary N) is 2. The van der Waals surface area contributed by atoms with Gasteiger partial charge in [-0.1, -0.05) is 36.4 Å². The lowest BCUT2D eigenvalue weighted by molar-refractivity contribution is -0.136. The summed E-state index contributed by atoms with van der Waals surface area (Å²) >= 11 is 0. The molecule has 1 saturated heterocycles. The molecule has 2 aliphatic rings. The summed E-state index contributed by atoms with van der Waals surface area (Å²) < 4.78 is 0. The van der Waals surface area contributed by atoms with Gasteiger partial charge in [-0.3, -0.25) is 19.7 Å². The van der Waals surface area contributed by atoms with Gasteiger partial charge in [-0.2, -0.15) is 0 Å². The van der Waals surface area contributed by atoms with E-state index in [0.29, 0.717) is 25.1 Å². The number of nitrogens with zero attached hydrogens (tertiary/aromatic N) is 1. The Labute approximate surface area is 175 Å². The molecule has 2 aromatic rings. The molecule has 30 heavy (non-hydrogen) atoms. The normalized spacial score (nSPS) is 19.6. The molecule has 7 nitrogen and oxygen atoms in total. The number of benzene rings is 2. The van der Waals surface area contributed by atoms with Gasteiger partial charge in [0, 0.05) is 37.7 Å². The van der Waals surface area contributed by atoms with Crippen LogP contribution in [0, 0.1) is 0 Å². The van der Waals surface area contributed by atoms with Crippen molar-refractivity contribution in [3.63, 3.8) is 0 Å². The first-order chi connectivity index (χ1) is 14.4. The van der Waals surface area contributed by atoms with Crippen molar-refractivity contribution in [3.05, 3.63) is 70.3 Å². The zero-order valence-corrected chi connectivity index (χ0v) is 17.0. The summed E-state index contributed by atoms with van der Waals surface area (Å²) in [5, 5.41) is 5.75. The molecule has 7 heteroatoms. The molecule has 3 amide bonds. The minimum atomic E-state index is -0.580. The van der Waals surface area contributed by atoms with Gasteiger partial charge in [0.25, 0.3) is 5.91 Å². The molecule has 0 saturated carbocycles. The van der Waals surface area contributed by atoms with E-state index in [0.717, 1.165) is 23.2 Å². The van der Waals surface area contributed by atoms with Gasteiger partial charge >= 0.3 is 0 Å². The molecule has 0 spiro atoms. The van der Waals surface area contributed by atoms with Crippen molar-refractivity contribution < 1.29 is 14.4 Å². The summed E-state index contributed by atoms with van der Waals surface area (Å²) in [7, 11) is 0. The summed E-state index contributed by atoms with van der Waals surface area (Å²) in [5.41, 5.74) is 10.8. The Morgan fingerprint density at radius 2 is 1.80 bits per heavy atom. The van der Waals surface area contributed by atoms with Crippen molar-refractivity contribution in [2.75, 3.05) is 0 Å². The van der Waals surface area contributed by atoms with Crippen molar-refractivity contribution >= 4 is 17.7 Å². The number of hydrogen-bond donors (Lipinski definition) is 3. The highest BCUT2D eigenvalue weighted by molar-refractivity contribution is 6.05. The molecular formula is C23H26N4O3. The number of piperidine rings is 1. The topological polar surface area (TPSA) is 105 Å². The van der Waals surface area contributed by atoms with Crippen LogP contribution in [0.3, 0.4) is 0 Å². The highest BCUT2D eigenvalue weighted by Crippen LogP contribution is 2.28. The van der Waals surface area contributed by atoms with Gasteiger partial charge in [-0.15, -0.1) is 0 Å². The number of hydrogen-bond acceptors (Lipinski definition) is 5. The van der Waals surface area contributed by atoms with Crippen LogP contribution in [0.1, 0.15) is 58.4 Å². The van der Waals surface area contributed by atoms with Crippen LogP contribution >= 0.6 is 0 Å². The van der Waals surface area contributed by atoms with Crippen LogP contribution < -0.4 is 16.4 Å². The standard InChI is InChI=1S/C23H26N4O3/c1-14(24)17-5-2-15(3-6-17)11-25-12-16-4-7-19-18(10-16)13-27(23(19)30)20-8-9-21(28)26-22(20)29/h2-7,10,14,20,25H,8-9,11-13,24H2,1H3,(H,26,28,29). The van der Waals surface area contributed by atoms with Gasteiger partial charge in [-0.25, -0.2) is 0 Å². The number of imide groups is 1. The van der Waals surface area contributed by atoms with Gasteiger partial charge < -0.3 is 16.0 Å². The first-order valence-electron chi connectivity index (χ1n) is 10.2. The third-order valence-electron chi connectivity index (χ3n) is 5.75. The van der Waals surface area contributed by atoms with E-state index in [1.165, 1.54) is 5.56 Å². The van der Waals surface area contributed by atoms with Gasteiger partial charge in [0.15, 0.2) is 0 Å². The third-order valence-corrected chi connectivity index (χ3v) is 5.75. The van der Waals surface area contributed by atoms with E-state index in [4.69, 9.17) is 5.73 Å². The summed E-state index contributed by atoms with van der Waals surface area (Å²) in [4.78, 5) is 37.8. The Morgan fingerprint density at radius 1 is 1.10 bits per heavy atom. The fourth-order valence-electron chi connectivity index (χ4n) is 4.03. The first kappa shape index (κ1) is 20.3. The Balaban J connectivity index is 1.37. The maximum Gasteiger partial charge on any atom is 0.255 e. The van der Waals surface area contributed by atoms with E-state index < -0.39 is 6.04 Å². The molecule has 1 fully saturated rings. The molecule has 0 bridgehead atoms. The fourth-order valence-corrected chi connectivity index (χ4v) is 4.03. The Bertz CT molecular complexity index is 984. The van der Waals surface area contributed by atoms with Crippen LogP contribution in [-0.2, 0) is 29.2 Å². The second-order valence-corrected chi connectivity index (χ2v) is 8.03. The maximum absolute atomic E-state index is 12.7. The number of nitrogens with two attached hydrogens (primary N) is 1. The van der Waals surface area contributed by atoms with Crippen molar-refractivity contribution in [3.8, 4) is 0 Å². The minimum Gasteiger partial charge on any atom is -0.324 e. The monoisotopic (exact) mass is 406 g/mol. The summed E-state index contributed by atoms with van der Waals surface area (Å²) in [6.07, 6.45) is 0.636. The van der Waals surface area contributed by atoms with Crippen molar-refractivity contribution in [2.24, 2.45) is 5.73 Å². The predicted molar refractivity (Wildman–Crippen MR) is 112 cm³/mol. The summed E-state index contributed by atoms with van der Waals surface area (Å²) in [5.74, 6) is -0.807. The lowest BCUT2D eigenvalue weighted by Crippen LogP contribution is -2.52. The van der Waals surface area contributed by atoms with E-state index in [1.807, 2.05) is 37.3 Å². The Kier molecular flexibility index (Phi) is 5.65. The van der Waals surface area contributed by atoms with E-state index in [9.17, 15) is 14.4 Å². The molecule has 2 heterocycles. The van der Waals surface area contributed by atoms with Crippen LogP contribution in [0.4, 0.5) is 0 Å². The third kappa shape index (κ3) is 4.13. The number of fused-ring (bicyclic) bond motifs is 1. The molecule has 0 aromatic heterocycles. The second kappa shape index (κ2) is 8.38. The van der Waals surface area contributed by atoms with E-state index in [1.54, 1.807) is 4.90 Å². The number of rotatable bonds is 6. The molecule has 2 atom stereocenters. The lowest BCUT2D eigenvalue weighted by atomic mass is 10.0. The zero-order valence-electron chi connectivity index (χ0n) is 17.0. The van der Waals surface area contributed by atoms with Crippen LogP contribution in [0.5, 0.6) is 0 Å². The fraction of sp³-hybridized carbons (Fsp3) is 0.348. The quantitative estimate of drug-likeness (QED) is 0.634. The maximum atomic E-state index is 12.7. The van der Waals surface area contributed by atoms with E-state index >= 15 is 0 Å². The van der Waals surface area contributed by atoms with Crippen molar-refractivity contribution in [2.45, 2.75) is 51.5 Å².